The van der Waals surface area contributed by atoms with E-state index in [1.807, 2.05) is 24.3 Å². The van der Waals surface area contributed by atoms with Crippen molar-refractivity contribution in [1.82, 2.24) is 14.8 Å². The molecule has 5 nitrogen and oxygen atoms in total. The van der Waals surface area contributed by atoms with Gasteiger partial charge in [-0.3, -0.25) is 0 Å². The van der Waals surface area contributed by atoms with Gasteiger partial charge in [-0.1, -0.05) is 26.0 Å². The molecule has 102 valence electrons. The van der Waals surface area contributed by atoms with E-state index in [1.54, 1.807) is 18.8 Å². The Balaban J connectivity index is 2.32. The van der Waals surface area contributed by atoms with Gasteiger partial charge < -0.3 is 9.47 Å². The molecule has 0 aliphatic heterocycles. The number of rotatable bonds is 5. The first-order valence-electron chi connectivity index (χ1n) is 6.29. The fourth-order valence-corrected chi connectivity index (χ4v) is 1.70. The van der Waals surface area contributed by atoms with Crippen LogP contribution in [0.3, 0.4) is 0 Å². The van der Waals surface area contributed by atoms with Gasteiger partial charge in [0.25, 0.3) is 0 Å². The van der Waals surface area contributed by atoms with Crippen LogP contribution in [0.25, 0.3) is 11.4 Å². The summed E-state index contributed by atoms with van der Waals surface area (Å²) in [5, 5.41) is 4.34. The van der Waals surface area contributed by atoms with E-state index in [9.17, 15) is 0 Å². The summed E-state index contributed by atoms with van der Waals surface area (Å²) in [6.07, 6.45) is 0. The van der Waals surface area contributed by atoms with Crippen LogP contribution < -0.4 is 9.47 Å². The number of methoxy groups -OCH3 is 1. The van der Waals surface area contributed by atoms with E-state index in [2.05, 4.69) is 23.9 Å². The normalized spacial score (nSPS) is 10.8. The summed E-state index contributed by atoms with van der Waals surface area (Å²) < 4.78 is 12.5. The van der Waals surface area contributed by atoms with Crippen molar-refractivity contribution in [1.29, 1.82) is 0 Å². The average Bonchev–Trinajstić information content (AvgIpc) is 2.78. The summed E-state index contributed by atoms with van der Waals surface area (Å²) in [7, 11) is 3.38. The molecule has 1 aromatic carbocycles. The maximum absolute atomic E-state index is 5.81. The van der Waals surface area contributed by atoms with Crippen molar-refractivity contribution in [3.63, 3.8) is 0 Å². The Bertz CT molecular complexity index is 549. The minimum atomic E-state index is 0.472. The number of hydrogen-bond donors (Lipinski definition) is 0. The third kappa shape index (κ3) is 3.05. The number of aromatic nitrogens is 3. The van der Waals surface area contributed by atoms with Gasteiger partial charge >= 0.3 is 6.01 Å². The molecular weight excluding hydrogens is 242 g/mol. The maximum Gasteiger partial charge on any atom is 0.314 e. The summed E-state index contributed by atoms with van der Waals surface area (Å²) >= 11 is 0. The molecule has 0 N–H and O–H groups in total. The molecule has 2 rings (SSSR count). The molecule has 0 aliphatic carbocycles. The Kier molecular flexibility index (Phi) is 4.04. The summed E-state index contributed by atoms with van der Waals surface area (Å²) in [5.74, 6) is 1.88. The lowest BCUT2D eigenvalue weighted by Crippen LogP contribution is -2.05. The van der Waals surface area contributed by atoms with Crippen LogP contribution in [0.15, 0.2) is 24.3 Å². The summed E-state index contributed by atoms with van der Waals surface area (Å²) in [5.41, 5.74) is 0.877. The van der Waals surface area contributed by atoms with E-state index < -0.39 is 0 Å². The molecule has 0 bridgehead atoms. The molecule has 5 heteroatoms. The fourth-order valence-electron chi connectivity index (χ4n) is 1.70. The van der Waals surface area contributed by atoms with E-state index in [4.69, 9.17) is 9.47 Å². The topological polar surface area (TPSA) is 49.2 Å². The average molecular weight is 261 g/mol. The third-order valence-corrected chi connectivity index (χ3v) is 2.61. The van der Waals surface area contributed by atoms with Gasteiger partial charge in [0.1, 0.15) is 5.75 Å². The molecule has 0 spiro atoms. The predicted molar refractivity (Wildman–Crippen MR) is 73.3 cm³/mol. The largest absolute Gasteiger partial charge is 0.493 e. The molecule has 0 fully saturated rings. The van der Waals surface area contributed by atoms with Gasteiger partial charge in [-0.2, -0.15) is 4.98 Å². The smallest absolute Gasteiger partial charge is 0.314 e. The van der Waals surface area contributed by atoms with Crippen LogP contribution >= 0.6 is 0 Å². The molecule has 0 unspecified atom stereocenters. The Morgan fingerprint density at radius 3 is 2.63 bits per heavy atom. The van der Waals surface area contributed by atoms with Crippen LogP contribution in [0.5, 0.6) is 11.8 Å². The number of aryl methyl sites for hydroxylation is 1. The minimum absolute atomic E-state index is 0.472. The molecule has 0 saturated carbocycles. The number of hydrogen-bond acceptors (Lipinski definition) is 4. The standard InChI is InChI=1S/C14H19N3O2/c1-10(2)9-19-12-8-6-5-7-11(12)13-15-14(18-4)17(3)16-13/h5-8,10H,9H2,1-4H3. The second-order valence-electron chi connectivity index (χ2n) is 4.75. The zero-order valence-electron chi connectivity index (χ0n) is 11.8. The van der Waals surface area contributed by atoms with Crippen LogP contribution in [-0.4, -0.2) is 28.5 Å². The zero-order valence-corrected chi connectivity index (χ0v) is 11.8. The van der Waals surface area contributed by atoms with Crippen molar-refractivity contribution < 1.29 is 9.47 Å². The highest BCUT2D eigenvalue weighted by molar-refractivity contribution is 5.63. The van der Waals surface area contributed by atoms with Crippen molar-refractivity contribution >= 4 is 0 Å². The van der Waals surface area contributed by atoms with Crippen LogP contribution in [0, 0.1) is 5.92 Å². The highest BCUT2D eigenvalue weighted by atomic mass is 16.5. The van der Waals surface area contributed by atoms with E-state index in [0.29, 0.717) is 24.4 Å². The second kappa shape index (κ2) is 5.73. The van der Waals surface area contributed by atoms with Crippen LogP contribution in [0.2, 0.25) is 0 Å². The van der Waals surface area contributed by atoms with Crippen molar-refractivity contribution in [2.75, 3.05) is 13.7 Å². The molecular formula is C14H19N3O2. The molecule has 0 aliphatic rings. The number of nitrogens with zero attached hydrogens (tertiary/aromatic N) is 3. The number of ether oxygens (including phenoxy) is 2. The highest BCUT2D eigenvalue weighted by Gasteiger charge is 2.13. The molecule has 19 heavy (non-hydrogen) atoms. The molecule has 1 aromatic heterocycles. The Hall–Kier alpha value is -2.04. The fraction of sp³-hybridized carbons (Fsp3) is 0.429. The monoisotopic (exact) mass is 261 g/mol. The van der Waals surface area contributed by atoms with Crippen LogP contribution in [0.1, 0.15) is 13.8 Å². The van der Waals surface area contributed by atoms with E-state index in [0.717, 1.165) is 11.3 Å². The zero-order chi connectivity index (χ0) is 13.8. The lowest BCUT2D eigenvalue weighted by atomic mass is 10.2. The van der Waals surface area contributed by atoms with Gasteiger partial charge in [0.05, 0.1) is 19.3 Å². The van der Waals surface area contributed by atoms with Gasteiger partial charge in [-0.15, -0.1) is 5.10 Å². The van der Waals surface area contributed by atoms with Crippen LogP contribution in [-0.2, 0) is 7.05 Å². The SMILES string of the molecule is COc1nc(-c2ccccc2OCC(C)C)nn1C. The summed E-state index contributed by atoms with van der Waals surface area (Å²) in [4.78, 5) is 4.34. The Morgan fingerprint density at radius 1 is 1.26 bits per heavy atom. The van der Waals surface area contributed by atoms with Gasteiger partial charge in [-0.05, 0) is 18.1 Å². The first kappa shape index (κ1) is 13.4. The quantitative estimate of drug-likeness (QED) is 0.830. The van der Waals surface area contributed by atoms with Crippen molar-refractivity contribution in [3.8, 4) is 23.1 Å². The van der Waals surface area contributed by atoms with E-state index >= 15 is 0 Å². The summed E-state index contributed by atoms with van der Waals surface area (Å²) in [6.45, 7) is 4.90. The van der Waals surface area contributed by atoms with E-state index in [1.165, 1.54) is 0 Å². The highest BCUT2D eigenvalue weighted by Crippen LogP contribution is 2.28. The molecule has 0 radical (unpaired) electrons. The lowest BCUT2D eigenvalue weighted by Gasteiger charge is -2.11. The first-order chi connectivity index (χ1) is 9.11. The number of benzene rings is 1. The maximum atomic E-state index is 5.81. The lowest BCUT2D eigenvalue weighted by molar-refractivity contribution is 0.272. The van der Waals surface area contributed by atoms with Gasteiger partial charge in [0.15, 0.2) is 5.82 Å². The van der Waals surface area contributed by atoms with Gasteiger partial charge in [-0.25, -0.2) is 4.68 Å². The van der Waals surface area contributed by atoms with Crippen molar-refractivity contribution in [2.24, 2.45) is 13.0 Å². The Morgan fingerprint density at radius 2 is 2.00 bits per heavy atom. The van der Waals surface area contributed by atoms with Gasteiger partial charge in [0.2, 0.25) is 0 Å². The number of para-hydroxylation sites is 1. The minimum Gasteiger partial charge on any atom is -0.493 e. The second-order valence-corrected chi connectivity index (χ2v) is 4.75. The Labute approximate surface area is 113 Å². The predicted octanol–water partition coefficient (Wildman–Crippen LogP) is 2.53. The van der Waals surface area contributed by atoms with Gasteiger partial charge in [0, 0.05) is 7.05 Å². The third-order valence-electron chi connectivity index (χ3n) is 2.61. The molecule has 0 atom stereocenters. The van der Waals surface area contributed by atoms with E-state index in [-0.39, 0.29) is 0 Å². The molecule has 2 aromatic rings. The van der Waals surface area contributed by atoms with Crippen molar-refractivity contribution in [2.45, 2.75) is 13.8 Å². The van der Waals surface area contributed by atoms with Crippen molar-refractivity contribution in [3.05, 3.63) is 24.3 Å². The molecule has 0 saturated heterocycles. The molecule has 0 amide bonds. The van der Waals surface area contributed by atoms with Crippen LogP contribution in [0.4, 0.5) is 0 Å². The first-order valence-corrected chi connectivity index (χ1v) is 6.29. The molecule has 1 heterocycles. The summed E-state index contributed by atoms with van der Waals surface area (Å²) in [6, 6.07) is 8.25.